The second-order valence-corrected chi connectivity index (χ2v) is 5.48. The predicted molar refractivity (Wildman–Crippen MR) is 61.6 cm³/mol. The molecule has 1 N–H and O–H groups in total. The standard InChI is InChI=1S/C11H15NO3S/c1-8-4-6-11(7-5-8)16(14,15)12-9(2)10(3)13/h4-7,9,12H,1-3H3/t9-/m0/s1. The van der Waals surface area contributed by atoms with Crippen LogP contribution >= 0.6 is 0 Å². The van der Waals surface area contributed by atoms with Gasteiger partial charge in [-0.15, -0.1) is 0 Å². The zero-order chi connectivity index (χ0) is 12.3. The van der Waals surface area contributed by atoms with Crippen molar-refractivity contribution in [2.24, 2.45) is 0 Å². The molecule has 0 amide bonds. The number of carbonyl (C=O) groups excluding carboxylic acids is 1. The fraction of sp³-hybridized carbons (Fsp3) is 0.364. The van der Waals surface area contributed by atoms with E-state index in [1.165, 1.54) is 26.0 Å². The molecule has 1 aromatic carbocycles. The third-order valence-corrected chi connectivity index (χ3v) is 3.83. The lowest BCUT2D eigenvalue weighted by atomic mass is 10.2. The molecule has 0 spiro atoms. The normalized spacial score (nSPS) is 13.4. The van der Waals surface area contributed by atoms with E-state index in [4.69, 9.17) is 0 Å². The van der Waals surface area contributed by atoms with Crippen molar-refractivity contribution in [2.75, 3.05) is 0 Å². The molecule has 0 saturated heterocycles. The first-order valence-electron chi connectivity index (χ1n) is 4.92. The summed E-state index contributed by atoms with van der Waals surface area (Å²) >= 11 is 0. The molecule has 0 aliphatic heterocycles. The van der Waals surface area contributed by atoms with Gasteiger partial charge < -0.3 is 0 Å². The van der Waals surface area contributed by atoms with Crippen molar-refractivity contribution in [3.05, 3.63) is 29.8 Å². The van der Waals surface area contributed by atoms with Crippen molar-refractivity contribution >= 4 is 15.8 Å². The molecule has 1 aromatic rings. The smallest absolute Gasteiger partial charge is 0.241 e. The summed E-state index contributed by atoms with van der Waals surface area (Å²) in [4.78, 5) is 11.2. The number of rotatable bonds is 4. The van der Waals surface area contributed by atoms with Crippen LogP contribution in [0.5, 0.6) is 0 Å². The fourth-order valence-electron chi connectivity index (χ4n) is 1.10. The highest BCUT2D eigenvalue weighted by atomic mass is 32.2. The van der Waals surface area contributed by atoms with E-state index < -0.39 is 16.1 Å². The van der Waals surface area contributed by atoms with E-state index in [-0.39, 0.29) is 10.7 Å². The second-order valence-electron chi connectivity index (χ2n) is 3.77. The van der Waals surface area contributed by atoms with E-state index in [0.29, 0.717) is 0 Å². The molecule has 16 heavy (non-hydrogen) atoms. The maximum absolute atomic E-state index is 11.8. The number of hydrogen-bond acceptors (Lipinski definition) is 3. The van der Waals surface area contributed by atoms with Gasteiger partial charge in [-0.2, -0.15) is 0 Å². The summed E-state index contributed by atoms with van der Waals surface area (Å²) in [5, 5.41) is 0. The number of carbonyl (C=O) groups is 1. The third-order valence-electron chi connectivity index (χ3n) is 2.27. The topological polar surface area (TPSA) is 63.2 Å². The number of benzene rings is 1. The summed E-state index contributed by atoms with van der Waals surface area (Å²) in [5.74, 6) is -0.212. The van der Waals surface area contributed by atoms with Crippen molar-refractivity contribution in [1.29, 1.82) is 0 Å². The summed E-state index contributed by atoms with van der Waals surface area (Å²) in [7, 11) is -3.59. The quantitative estimate of drug-likeness (QED) is 0.863. The summed E-state index contributed by atoms with van der Waals surface area (Å²) in [5.41, 5.74) is 0.985. The van der Waals surface area contributed by atoms with Crippen molar-refractivity contribution in [3.63, 3.8) is 0 Å². The largest absolute Gasteiger partial charge is 0.298 e. The lowest BCUT2D eigenvalue weighted by Gasteiger charge is -2.11. The van der Waals surface area contributed by atoms with Crippen molar-refractivity contribution in [1.82, 2.24) is 4.72 Å². The van der Waals surface area contributed by atoms with Crippen LogP contribution in [-0.2, 0) is 14.8 Å². The van der Waals surface area contributed by atoms with Gasteiger partial charge in [0.05, 0.1) is 10.9 Å². The number of sulfonamides is 1. The maximum Gasteiger partial charge on any atom is 0.241 e. The Kier molecular flexibility index (Phi) is 3.83. The van der Waals surface area contributed by atoms with Gasteiger partial charge in [0.15, 0.2) is 0 Å². The summed E-state index contributed by atoms with van der Waals surface area (Å²) in [6.45, 7) is 4.75. The molecule has 0 unspecified atom stereocenters. The zero-order valence-corrected chi connectivity index (χ0v) is 10.3. The highest BCUT2D eigenvalue weighted by Gasteiger charge is 2.19. The fourth-order valence-corrected chi connectivity index (χ4v) is 2.36. The Morgan fingerprint density at radius 2 is 1.75 bits per heavy atom. The van der Waals surface area contributed by atoms with Gasteiger partial charge in [0, 0.05) is 0 Å². The van der Waals surface area contributed by atoms with Crippen LogP contribution in [0.15, 0.2) is 29.2 Å². The van der Waals surface area contributed by atoms with Crippen LogP contribution in [0.1, 0.15) is 19.4 Å². The number of nitrogens with one attached hydrogen (secondary N) is 1. The van der Waals surface area contributed by atoms with E-state index >= 15 is 0 Å². The van der Waals surface area contributed by atoms with E-state index in [0.717, 1.165) is 5.56 Å². The lowest BCUT2D eigenvalue weighted by Crippen LogP contribution is -2.37. The molecule has 0 heterocycles. The summed E-state index contributed by atoms with van der Waals surface area (Å²) < 4.78 is 25.9. The van der Waals surface area contributed by atoms with Crippen LogP contribution in [0, 0.1) is 6.92 Å². The molecule has 4 nitrogen and oxygen atoms in total. The van der Waals surface area contributed by atoms with Gasteiger partial charge in [-0.1, -0.05) is 17.7 Å². The van der Waals surface area contributed by atoms with E-state index in [2.05, 4.69) is 4.72 Å². The Bertz CT molecular complexity index is 476. The van der Waals surface area contributed by atoms with E-state index in [1.54, 1.807) is 12.1 Å². The minimum absolute atomic E-state index is 0.172. The molecule has 0 aliphatic rings. The molecular formula is C11H15NO3S. The molecule has 1 atom stereocenters. The van der Waals surface area contributed by atoms with Gasteiger partial charge in [-0.3, -0.25) is 4.79 Å². The zero-order valence-electron chi connectivity index (χ0n) is 9.52. The molecule has 88 valence electrons. The molecule has 0 fully saturated rings. The summed E-state index contributed by atoms with van der Waals surface area (Å²) in [6, 6.07) is 5.76. The number of Topliss-reactive ketones (excluding diaryl/α,β-unsaturated/α-hetero) is 1. The average Bonchev–Trinajstić information content (AvgIpc) is 2.17. The van der Waals surface area contributed by atoms with Gasteiger partial charge in [-0.05, 0) is 32.9 Å². The molecule has 0 saturated carbocycles. The molecule has 0 bridgehead atoms. The Balaban J connectivity index is 2.94. The monoisotopic (exact) mass is 241 g/mol. The van der Waals surface area contributed by atoms with Crippen molar-refractivity contribution in [2.45, 2.75) is 31.7 Å². The van der Waals surface area contributed by atoms with Crippen LogP contribution in [0.3, 0.4) is 0 Å². The van der Waals surface area contributed by atoms with Crippen LogP contribution in [0.25, 0.3) is 0 Å². The van der Waals surface area contributed by atoms with Crippen LogP contribution < -0.4 is 4.72 Å². The van der Waals surface area contributed by atoms with E-state index in [1.807, 2.05) is 6.92 Å². The minimum atomic E-state index is -3.59. The third kappa shape index (κ3) is 3.15. The molecule has 5 heteroatoms. The van der Waals surface area contributed by atoms with Crippen molar-refractivity contribution < 1.29 is 13.2 Å². The number of ketones is 1. The van der Waals surface area contributed by atoms with Crippen molar-refractivity contribution in [3.8, 4) is 0 Å². The molecular weight excluding hydrogens is 226 g/mol. The summed E-state index contributed by atoms with van der Waals surface area (Å²) in [6.07, 6.45) is 0. The molecule has 0 aliphatic carbocycles. The van der Waals surface area contributed by atoms with Gasteiger partial charge in [0.25, 0.3) is 0 Å². The van der Waals surface area contributed by atoms with E-state index in [9.17, 15) is 13.2 Å². The molecule has 0 aromatic heterocycles. The minimum Gasteiger partial charge on any atom is -0.298 e. The second kappa shape index (κ2) is 4.76. The van der Waals surface area contributed by atoms with Gasteiger partial charge in [0.2, 0.25) is 10.0 Å². The molecule has 1 rings (SSSR count). The highest BCUT2D eigenvalue weighted by Crippen LogP contribution is 2.10. The lowest BCUT2D eigenvalue weighted by molar-refractivity contribution is -0.118. The SMILES string of the molecule is CC(=O)[C@H](C)NS(=O)(=O)c1ccc(C)cc1. The first kappa shape index (κ1) is 12.9. The number of aryl methyl sites for hydroxylation is 1. The van der Waals surface area contributed by atoms with Gasteiger partial charge >= 0.3 is 0 Å². The first-order chi connectivity index (χ1) is 7.33. The van der Waals surface area contributed by atoms with Crippen LogP contribution in [0.4, 0.5) is 0 Å². The molecule has 0 radical (unpaired) electrons. The highest BCUT2D eigenvalue weighted by molar-refractivity contribution is 7.89. The number of hydrogen-bond donors (Lipinski definition) is 1. The Morgan fingerprint density at radius 1 is 1.25 bits per heavy atom. The predicted octanol–water partition coefficient (Wildman–Crippen LogP) is 1.25. The van der Waals surface area contributed by atoms with Gasteiger partial charge in [0.1, 0.15) is 5.78 Å². The Hall–Kier alpha value is -1.20. The first-order valence-corrected chi connectivity index (χ1v) is 6.40. The van der Waals surface area contributed by atoms with Gasteiger partial charge in [-0.25, -0.2) is 13.1 Å². The Labute approximate surface area is 95.7 Å². The maximum atomic E-state index is 11.8. The Morgan fingerprint density at radius 3 is 2.19 bits per heavy atom. The van der Waals surface area contributed by atoms with Crippen LogP contribution in [0.2, 0.25) is 0 Å². The van der Waals surface area contributed by atoms with Crippen LogP contribution in [-0.4, -0.2) is 20.2 Å². The average molecular weight is 241 g/mol.